The van der Waals surface area contributed by atoms with E-state index in [0.29, 0.717) is 5.76 Å². The second-order valence-corrected chi connectivity index (χ2v) is 6.29. The summed E-state index contributed by atoms with van der Waals surface area (Å²) in [5.41, 5.74) is 6.59. The Bertz CT molecular complexity index is 630. The lowest BCUT2D eigenvalue weighted by atomic mass is 9.92. The third kappa shape index (κ3) is 2.88. The third-order valence-corrected chi connectivity index (χ3v) is 4.30. The minimum atomic E-state index is -0.141. The zero-order valence-electron chi connectivity index (χ0n) is 11.1. The number of carbonyl (C=O) groups excluding carboxylic acids is 1. The largest absolute Gasteiger partial charge is 0.451 e. The van der Waals surface area contributed by atoms with Crippen LogP contribution >= 0.6 is 15.9 Å². The average molecular weight is 337 g/mol. The lowest BCUT2D eigenvalue weighted by Crippen LogP contribution is -2.40. The van der Waals surface area contributed by atoms with Crippen LogP contribution in [-0.4, -0.2) is 18.0 Å². The van der Waals surface area contributed by atoms with Gasteiger partial charge >= 0.3 is 0 Å². The third-order valence-electron chi connectivity index (χ3n) is 3.81. The van der Waals surface area contributed by atoms with Gasteiger partial charge in [-0.25, -0.2) is 0 Å². The Morgan fingerprint density at radius 3 is 2.75 bits per heavy atom. The van der Waals surface area contributed by atoms with E-state index in [1.807, 2.05) is 18.2 Å². The molecule has 0 spiro atoms. The molecule has 1 fully saturated rings. The zero-order valence-corrected chi connectivity index (χ0v) is 12.7. The maximum Gasteiger partial charge on any atom is 0.287 e. The van der Waals surface area contributed by atoms with E-state index in [-0.39, 0.29) is 18.0 Å². The number of furan rings is 1. The molecule has 1 aromatic carbocycles. The van der Waals surface area contributed by atoms with Crippen LogP contribution in [-0.2, 0) is 0 Å². The van der Waals surface area contributed by atoms with Crippen molar-refractivity contribution in [2.75, 3.05) is 0 Å². The first kappa shape index (κ1) is 13.6. The van der Waals surface area contributed by atoms with Crippen molar-refractivity contribution in [1.29, 1.82) is 0 Å². The summed E-state index contributed by atoms with van der Waals surface area (Å²) in [6.07, 6.45) is 3.83. The van der Waals surface area contributed by atoms with Crippen LogP contribution < -0.4 is 11.1 Å². The maximum atomic E-state index is 12.2. The van der Waals surface area contributed by atoms with Crippen molar-refractivity contribution in [2.24, 2.45) is 5.73 Å². The first-order valence-electron chi connectivity index (χ1n) is 6.87. The van der Waals surface area contributed by atoms with Crippen molar-refractivity contribution < 1.29 is 9.21 Å². The summed E-state index contributed by atoms with van der Waals surface area (Å²) in [5.74, 6) is 0.228. The summed E-state index contributed by atoms with van der Waals surface area (Å²) in [4.78, 5) is 12.2. The van der Waals surface area contributed by atoms with E-state index in [0.717, 1.165) is 41.1 Å². The molecule has 2 aromatic rings. The van der Waals surface area contributed by atoms with Crippen LogP contribution in [0.4, 0.5) is 0 Å². The highest BCUT2D eigenvalue weighted by Crippen LogP contribution is 2.24. The highest BCUT2D eigenvalue weighted by molar-refractivity contribution is 9.10. The van der Waals surface area contributed by atoms with Gasteiger partial charge in [0.2, 0.25) is 0 Å². The first-order chi connectivity index (χ1) is 9.61. The van der Waals surface area contributed by atoms with Crippen molar-refractivity contribution in [3.05, 3.63) is 34.5 Å². The van der Waals surface area contributed by atoms with Crippen LogP contribution in [0.3, 0.4) is 0 Å². The molecule has 106 valence electrons. The number of carbonyl (C=O) groups is 1. The second-order valence-electron chi connectivity index (χ2n) is 5.38. The molecule has 1 aliphatic carbocycles. The van der Waals surface area contributed by atoms with E-state index < -0.39 is 0 Å². The molecule has 1 amide bonds. The summed E-state index contributed by atoms with van der Waals surface area (Å²) < 4.78 is 6.56. The Hall–Kier alpha value is -1.33. The summed E-state index contributed by atoms with van der Waals surface area (Å²) in [6.45, 7) is 0. The predicted molar refractivity (Wildman–Crippen MR) is 81.6 cm³/mol. The number of halogens is 1. The van der Waals surface area contributed by atoms with Crippen LogP contribution in [0, 0.1) is 0 Å². The number of nitrogens with one attached hydrogen (secondary N) is 1. The van der Waals surface area contributed by atoms with Gasteiger partial charge in [-0.15, -0.1) is 0 Å². The average Bonchev–Trinajstić information content (AvgIpc) is 2.84. The van der Waals surface area contributed by atoms with Gasteiger partial charge < -0.3 is 15.5 Å². The topological polar surface area (TPSA) is 68.3 Å². The number of amides is 1. The van der Waals surface area contributed by atoms with Gasteiger partial charge in [0.1, 0.15) is 5.58 Å². The predicted octanol–water partition coefficient (Wildman–Crippen LogP) is 3.20. The number of hydrogen-bond donors (Lipinski definition) is 2. The van der Waals surface area contributed by atoms with Crippen LogP contribution in [0.25, 0.3) is 11.0 Å². The van der Waals surface area contributed by atoms with Crippen molar-refractivity contribution in [3.63, 3.8) is 0 Å². The molecule has 1 aromatic heterocycles. The first-order valence-corrected chi connectivity index (χ1v) is 7.66. The number of rotatable bonds is 2. The fraction of sp³-hybridized carbons (Fsp3) is 0.400. The lowest BCUT2D eigenvalue weighted by Gasteiger charge is -2.26. The minimum absolute atomic E-state index is 0.141. The molecule has 4 nitrogen and oxygen atoms in total. The van der Waals surface area contributed by atoms with Crippen LogP contribution in [0.15, 0.2) is 33.2 Å². The van der Waals surface area contributed by atoms with Gasteiger partial charge in [-0.05, 0) is 49.9 Å². The molecule has 0 unspecified atom stereocenters. The standard InChI is InChI=1S/C15H17BrN2O2/c16-10-1-6-13-9(7-10)8-14(20-13)15(19)18-12-4-2-11(17)3-5-12/h1,6-8,11-12H,2-5,17H2,(H,18,19). The van der Waals surface area contributed by atoms with E-state index >= 15 is 0 Å². The van der Waals surface area contributed by atoms with Crippen molar-refractivity contribution >= 4 is 32.8 Å². The Kier molecular flexibility index (Phi) is 3.81. The fourth-order valence-electron chi connectivity index (χ4n) is 2.65. The van der Waals surface area contributed by atoms with Crippen molar-refractivity contribution in [2.45, 2.75) is 37.8 Å². The molecule has 0 bridgehead atoms. The number of hydrogen-bond acceptors (Lipinski definition) is 3. The Balaban J connectivity index is 1.72. The summed E-state index contributed by atoms with van der Waals surface area (Å²) in [5, 5.41) is 3.96. The van der Waals surface area contributed by atoms with E-state index in [1.54, 1.807) is 6.07 Å². The summed E-state index contributed by atoms with van der Waals surface area (Å²) in [6, 6.07) is 7.97. The molecule has 1 aliphatic rings. The van der Waals surface area contributed by atoms with Crippen molar-refractivity contribution in [3.8, 4) is 0 Å². The van der Waals surface area contributed by atoms with E-state index in [1.165, 1.54) is 0 Å². The Labute approximate surface area is 125 Å². The van der Waals surface area contributed by atoms with Gasteiger partial charge in [-0.1, -0.05) is 15.9 Å². The molecule has 0 radical (unpaired) electrons. The number of nitrogens with two attached hydrogens (primary N) is 1. The molecule has 3 N–H and O–H groups in total. The highest BCUT2D eigenvalue weighted by atomic mass is 79.9. The summed E-state index contributed by atoms with van der Waals surface area (Å²) in [7, 11) is 0. The van der Waals surface area contributed by atoms with Gasteiger partial charge in [0.15, 0.2) is 5.76 Å². The molecule has 0 aliphatic heterocycles. The SMILES string of the molecule is NC1CCC(NC(=O)c2cc3cc(Br)ccc3o2)CC1. The van der Waals surface area contributed by atoms with Gasteiger partial charge in [-0.3, -0.25) is 4.79 Å². The van der Waals surface area contributed by atoms with Gasteiger partial charge in [0, 0.05) is 21.9 Å². The van der Waals surface area contributed by atoms with Crippen molar-refractivity contribution in [1.82, 2.24) is 5.32 Å². The van der Waals surface area contributed by atoms with E-state index in [2.05, 4.69) is 21.2 Å². The molecule has 0 saturated heterocycles. The van der Waals surface area contributed by atoms with Gasteiger partial charge in [0.05, 0.1) is 0 Å². The smallest absolute Gasteiger partial charge is 0.287 e. The van der Waals surface area contributed by atoms with Gasteiger partial charge in [-0.2, -0.15) is 0 Å². The molecular formula is C15H17BrN2O2. The molecule has 20 heavy (non-hydrogen) atoms. The Morgan fingerprint density at radius 1 is 1.25 bits per heavy atom. The molecule has 0 atom stereocenters. The normalized spacial score (nSPS) is 22.9. The molecular weight excluding hydrogens is 320 g/mol. The second kappa shape index (κ2) is 5.58. The minimum Gasteiger partial charge on any atom is -0.451 e. The lowest BCUT2D eigenvalue weighted by molar-refractivity contribution is 0.0900. The number of fused-ring (bicyclic) bond motifs is 1. The van der Waals surface area contributed by atoms with Crippen LogP contribution in [0.1, 0.15) is 36.2 Å². The fourth-order valence-corrected chi connectivity index (χ4v) is 3.02. The molecule has 1 heterocycles. The Morgan fingerprint density at radius 2 is 2.00 bits per heavy atom. The summed E-state index contributed by atoms with van der Waals surface area (Å²) >= 11 is 3.41. The molecule has 5 heteroatoms. The highest BCUT2D eigenvalue weighted by Gasteiger charge is 2.22. The zero-order chi connectivity index (χ0) is 14.1. The number of benzene rings is 1. The van der Waals surface area contributed by atoms with Crippen LogP contribution in [0.5, 0.6) is 0 Å². The van der Waals surface area contributed by atoms with E-state index in [4.69, 9.17) is 10.2 Å². The monoisotopic (exact) mass is 336 g/mol. The molecule has 3 rings (SSSR count). The van der Waals surface area contributed by atoms with E-state index in [9.17, 15) is 4.79 Å². The maximum absolute atomic E-state index is 12.2. The quantitative estimate of drug-likeness (QED) is 0.884. The molecule has 1 saturated carbocycles. The van der Waals surface area contributed by atoms with Crippen LogP contribution in [0.2, 0.25) is 0 Å². The van der Waals surface area contributed by atoms with Gasteiger partial charge in [0.25, 0.3) is 5.91 Å².